The number of carbonyl (C=O) groups excluding carboxylic acids is 6. The van der Waals surface area contributed by atoms with Crippen LogP contribution in [0.2, 0.25) is 0 Å². The highest BCUT2D eigenvalue weighted by Gasteiger charge is 2.21. The van der Waals surface area contributed by atoms with Gasteiger partial charge in [0.05, 0.1) is 6.54 Å². The van der Waals surface area contributed by atoms with Crippen molar-refractivity contribution >= 4 is 41.4 Å². The average molecular weight is 651 g/mol. The summed E-state index contributed by atoms with van der Waals surface area (Å²) in [5, 5.41) is 10.3. The molecule has 1 unspecified atom stereocenters. The Hall–Kier alpha value is -4.40. The number of nitrogens with one attached hydrogen (secondary N) is 4. The lowest BCUT2D eigenvalue weighted by molar-refractivity contribution is -0.128. The van der Waals surface area contributed by atoms with Crippen LogP contribution in [0.1, 0.15) is 71.3 Å². The monoisotopic (exact) mass is 650 g/mol. The summed E-state index contributed by atoms with van der Waals surface area (Å²) in [4.78, 5) is 74.8. The van der Waals surface area contributed by atoms with E-state index in [1.54, 1.807) is 38.4 Å². The first kappa shape index (κ1) is 41.6. The Morgan fingerprint density at radius 1 is 0.870 bits per heavy atom. The van der Waals surface area contributed by atoms with E-state index in [0.29, 0.717) is 43.7 Å². The number of nitrogens with zero attached hydrogens (tertiary/aromatic N) is 2. The van der Waals surface area contributed by atoms with Gasteiger partial charge in [-0.1, -0.05) is 38.8 Å². The van der Waals surface area contributed by atoms with E-state index in [4.69, 9.17) is 16.2 Å². The van der Waals surface area contributed by atoms with Gasteiger partial charge < -0.3 is 47.3 Å². The van der Waals surface area contributed by atoms with Crippen molar-refractivity contribution in [3.63, 3.8) is 0 Å². The minimum atomic E-state index is -0.943. The number of amides is 7. The van der Waals surface area contributed by atoms with Crippen molar-refractivity contribution in [2.75, 3.05) is 52.1 Å². The zero-order valence-electron chi connectivity index (χ0n) is 28.0. The van der Waals surface area contributed by atoms with Crippen LogP contribution in [0.15, 0.2) is 24.3 Å². The fourth-order valence-corrected chi connectivity index (χ4v) is 3.62. The molecule has 1 rings (SSSR count). The number of nitrogens with two attached hydrogens (primary N) is 2. The summed E-state index contributed by atoms with van der Waals surface area (Å²) in [5.74, 6) is -1.39. The molecule has 0 bridgehead atoms. The molecule has 0 saturated heterocycles. The molecule has 0 fully saturated rings. The molecular formula is C31H54N8O7. The zero-order chi connectivity index (χ0) is 34.9. The predicted octanol–water partition coefficient (Wildman–Crippen LogP) is 1.66. The SMILES string of the molecule is CC(=O)N(C)CCN(C)C(=O)OCc1ccc(NC(=O)C(CCCNC(N)=O)NC(=O)CNC(=O)CCCCCN)cc1.CCC. The van der Waals surface area contributed by atoms with Gasteiger partial charge in [-0.2, -0.15) is 0 Å². The molecule has 0 spiro atoms. The number of benzene rings is 1. The zero-order valence-corrected chi connectivity index (χ0v) is 28.0. The van der Waals surface area contributed by atoms with Crippen LogP contribution in [0.4, 0.5) is 15.3 Å². The van der Waals surface area contributed by atoms with Crippen molar-refractivity contribution in [2.45, 2.75) is 78.4 Å². The fourth-order valence-electron chi connectivity index (χ4n) is 3.62. The largest absolute Gasteiger partial charge is 0.445 e. The summed E-state index contributed by atoms with van der Waals surface area (Å²) < 4.78 is 5.30. The molecule has 15 nitrogen and oxygen atoms in total. The third-order valence-electron chi connectivity index (χ3n) is 6.38. The Kier molecular flexibility index (Phi) is 22.5. The van der Waals surface area contributed by atoms with Crippen molar-refractivity contribution in [1.82, 2.24) is 25.8 Å². The Morgan fingerprint density at radius 3 is 2.09 bits per heavy atom. The van der Waals surface area contributed by atoms with Crippen LogP contribution in [0.3, 0.4) is 0 Å². The van der Waals surface area contributed by atoms with Gasteiger partial charge in [-0.05, 0) is 49.9 Å². The highest BCUT2D eigenvalue weighted by molar-refractivity contribution is 5.97. The molecule has 0 heterocycles. The van der Waals surface area contributed by atoms with Crippen LogP contribution < -0.4 is 32.7 Å². The fraction of sp³-hybridized carbons (Fsp3) is 0.613. The smallest absolute Gasteiger partial charge is 0.409 e. The van der Waals surface area contributed by atoms with Crippen molar-refractivity contribution in [3.8, 4) is 0 Å². The molecule has 0 saturated carbocycles. The van der Waals surface area contributed by atoms with Crippen molar-refractivity contribution in [2.24, 2.45) is 11.5 Å². The Morgan fingerprint density at radius 2 is 1.50 bits per heavy atom. The molecule has 1 aromatic carbocycles. The second-order valence-corrected chi connectivity index (χ2v) is 10.7. The molecule has 7 amide bonds. The van der Waals surface area contributed by atoms with E-state index >= 15 is 0 Å². The topological polar surface area (TPSA) is 218 Å². The summed E-state index contributed by atoms with van der Waals surface area (Å²) >= 11 is 0. The maximum atomic E-state index is 13.0. The Bertz CT molecular complexity index is 1090. The van der Waals surface area contributed by atoms with E-state index in [2.05, 4.69) is 35.1 Å². The predicted molar refractivity (Wildman–Crippen MR) is 176 cm³/mol. The van der Waals surface area contributed by atoms with Crippen LogP contribution >= 0.6 is 0 Å². The van der Waals surface area contributed by atoms with E-state index in [0.717, 1.165) is 12.8 Å². The minimum Gasteiger partial charge on any atom is -0.445 e. The standard InChI is InChI=1S/C28H46N8O7.C3H8/c1-20(37)35(2)16-17-36(3)28(42)43-19-21-10-12-22(13-11-21)33-26(40)23(8-7-15-31-27(30)41)34-25(39)18-32-24(38)9-5-4-6-14-29;1-3-2/h10-13,23H,4-9,14-19,29H2,1-3H3,(H,32,38)(H,33,40)(H,34,39)(H3,30,31,41);3H2,1-2H3. The number of likely N-dealkylation sites (N-methyl/N-ethyl adjacent to an activating group) is 2. The van der Waals surface area contributed by atoms with Gasteiger partial charge in [0.2, 0.25) is 23.6 Å². The summed E-state index contributed by atoms with van der Waals surface area (Å²) in [5.41, 5.74) is 11.7. The van der Waals surface area contributed by atoms with Crippen molar-refractivity contribution in [3.05, 3.63) is 29.8 Å². The molecule has 0 radical (unpaired) electrons. The number of hydrogen-bond donors (Lipinski definition) is 6. The van der Waals surface area contributed by atoms with Gasteiger partial charge in [0.15, 0.2) is 0 Å². The molecule has 0 aliphatic heterocycles. The molecule has 15 heteroatoms. The second-order valence-electron chi connectivity index (χ2n) is 10.7. The number of ether oxygens (including phenoxy) is 1. The second kappa shape index (κ2) is 24.9. The van der Waals surface area contributed by atoms with Crippen LogP contribution in [0, 0.1) is 0 Å². The quantitative estimate of drug-likeness (QED) is 0.121. The van der Waals surface area contributed by atoms with Crippen LogP contribution in [0.5, 0.6) is 0 Å². The number of unbranched alkanes of at least 4 members (excludes halogenated alkanes) is 2. The third-order valence-corrected chi connectivity index (χ3v) is 6.38. The minimum absolute atomic E-state index is 0.00420. The Balaban J connectivity index is 0.00000647. The number of rotatable bonds is 19. The lowest BCUT2D eigenvalue weighted by Gasteiger charge is -2.21. The van der Waals surface area contributed by atoms with Gasteiger partial charge in [-0.15, -0.1) is 0 Å². The van der Waals surface area contributed by atoms with Crippen molar-refractivity contribution < 1.29 is 33.5 Å². The van der Waals surface area contributed by atoms with Crippen LogP contribution in [0.25, 0.3) is 0 Å². The number of carbonyl (C=O) groups is 6. The van der Waals surface area contributed by atoms with Gasteiger partial charge in [0.25, 0.3) is 0 Å². The summed E-state index contributed by atoms with van der Waals surface area (Å²) in [7, 11) is 3.22. The van der Waals surface area contributed by atoms with E-state index in [-0.39, 0.29) is 44.4 Å². The molecule has 260 valence electrons. The molecule has 1 aromatic rings. The van der Waals surface area contributed by atoms with E-state index in [1.807, 2.05) is 0 Å². The lowest BCUT2D eigenvalue weighted by Crippen LogP contribution is -2.47. The average Bonchev–Trinajstić information content (AvgIpc) is 3.01. The molecule has 0 aromatic heterocycles. The first-order valence-electron chi connectivity index (χ1n) is 15.6. The molecule has 0 aliphatic rings. The summed E-state index contributed by atoms with van der Waals surface area (Å²) in [6.45, 7) is 6.88. The number of urea groups is 1. The van der Waals surface area contributed by atoms with Crippen LogP contribution in [-0.4, -0.2) is 98.4 Å². The first-order valence-corrected chi connectivity index (χ1v) is 15.6. The molecule has 46 heavy (non-hydrogen) atoms. The summed E-state index contributed by atoms with van der Waals surface area (Å²) in [6, 6.07) is 4.98. The molecule has 1 atom stereocenters. The molecular weight excluding hydrogens is 596 g/mol. The van der Waals surface area contributed by atoms with Gasteiger partial charge >= 0.3 is 12.1 Å². The first-order chi connectivity index (χ1) is 21.8. The van der Waals surface area contributed by atoms with Gasteiger partial charge in [0, 0.05) is 52.8 Å². The van der Waals surface area contributed by atoms with Crippen LogP contribution in [-0.2, 0) is 30.5 Å². The van der Waals surface area contributed by atoms with E-state index in [1.165, 1.54) is 23.1 Å². The highest BCUT2D eigenvalue weighted by Crippen LogP contribution is 2.12. The Labute approximate surface area is 272 Å². The van der Waals surface area contributed by atoms with E-state index in [9.17, 15) is 28.8 Å². The van der Waals surface area contributed by atoms with Gasteiger partial charge in [0.1, 0.15) is 12.6 Å². The number of primary amides is 1. The van der Waals surface area contributed by atoms with Gasteiger partial charge in [-0.25, -0.2) is 9.59 Å². The summed E-state index contributed by atoms with van der Waals surface area (Å²) in [6.07, 6.45) is 3.86. The maximum Gasteiger partial charge on any atom is 0.409 e. The normalized spacial score (nSPS) is 10.7. The molecule has 0 aliphatic carbocycles. The highest BCUT2D eigenvalue weighted by atomic mass is 16.6. The number of hydrogen-bond acceptors (Lipinski definition) is 8. The number of anilines is 1. The lowest BCUT2D eigenvalue weighted by atomic mass is 10.1. The molecule has 8 N–H and O–H groups in total. The third kappa shape index (κ3) is 20.5. The maximum absolute atomic E-state index is 13.0. The van der Waals surface area contributed by atoms with E-state index < -0.39 is 30.0 Å². The van der Waals surface area contributed by atoms with Crippen molar-refractivity contribution in [1.29, 1.82) is 0 Å². The van der Waals surface area contributed by atoms with Gasteiger partial charge in [-0.3, -0.25) is 19.2 Å².